The van der Waals surface area contributed by atoms with Crippen LogP contribution in [0.4, 0.5) is 5.69 Å². The van der Waals surface area contributed by atoms with Gasteiger partial charge in [-0.1, -0.05) is 22.0 Å². The molecule has 6 nitrogen and oxygen atoms in total. The molecule has 0 aliphatic rings. The second-order valence-electron chi connectivity index (χ2n) is 5.74. The van der Waals surface area contributed by atoms with Crippen molar-refractivity contribution in [3.05, 3.63) is 71.0 Å². The molecule has 0 aliphatic heterocycles. The molecule has 0 radical (unpaired) electrons. The Kier molecular flexibility index (Phi) is 6.23. The number of carbonyl (C=O) groups is 1. The fourth-order valence-electron chi connectivity index (χ4n) is 2.38. The van der Waals surface area contributed by atoms with Crippen molar-refractivity contribution < 1.29 is 9.53 Å². The average molecular weight is 425 g/mol. The Morgan fingerprint density at radius 2 is 2.07 bits per heavy atom. The molecule has 3 rings (SSSR count). The summed E-state index contributed by atoms with van der Waals surface area (Å²) in [4.78, 5) is 12.5. The van der Waals surface area contributed by atoms with Crippen molar-refractivity contribution in [1.82, 2.24) is 9.78 Å². The predicted octanol–water partition coefficient (Wildman–Crippen LogP) is 4.57. The lowest BCUT2D eigenvalue weighted by molar-refractivity contribution is 0.102. The van der Waals surface area contributed by atoms with Crippen LogP contribution in [0, 0.1) is 11.3 Å². The third-order valence-corrected chi connectivity index (χ3v) is 4.26. The third kappa shape index (κ3) is 5.19. The average Bonchev–Trinajstić information content (AvgIpc) is 3.16. The van der Waals surface area contributed by atoms with Gasteiger partial charge in [-0.05, 0) is 42.8 Å². The SMILES string of the molecule is N#CCCCOc1cccc(NC(=O)c2cnn(-c3ccc(Br)cc3)c2)c1. The molecule has 0 bridgehead atoms. The van der Waals surface area contributed by atoms with E-state index in [0.29, 0.717) is 36.4 Å². The number of amides is 1. The first-order valence-electron chi connectivity index (χ1n) is 8.37. The van der Waals surface area contributed by atoms with Gasteiger partial charge in [0.05, 0.1) is 30.1 Å². The number of hydrogen-bond donors (Lipinski definition) is 1. The number of carbonyl (C=O) groups excluding carboxylic acids is 1. The van der Waals surface area contributed by atoms with E-state index < -0.39 is 0 Å². The molecule has 0 saturated carbocycles. The van der Waals surface area contributed by atoms with Crippen LogP contribution >= 0.6 is 15.9 Å². The molecule has 3 aromatic rings. The molecule has 2 aromatic carbocycles. The van der Waals surface area contributed by atoms with Crippen molar-refractivity contribution in [1.29, 1.82) is 5.26 Å². The number of ether oxygens (including phenoxy) is 1. The Hall–Kier alpha value is -3.11. The highest BCUT2D eigenvalue weighted by Crippen LogP contribution is 2.19. The van der Waals surface area contributed by atoms with Crippen LogP contribution in [0.5, 0.6) is 5.75 Å². The predicted molar refractivity (Wildman–Crippen MR) is 106 cm³/mol. The van der Waals surface area contributed by atoms with E-state index in [1.165, 1.54) is 6.20 Å². The second-order valence-corrected chi connectivity index (χ2v) is 6.66. The van der Waals surface area contributed by atoms with E-state index in [0.717, 1.165) is 10.2 Å². The Balaban J connectivity index is 1.64. The highest BCUT2D eigenvalue weighted by molar-refractivity contribution is 9.10. The molecule has 1 heterocycles. The molecule has 1 amide bonds. The summed E-state index contributed by atoms with van der Waals surface area (Å²) in [6, 6.07) is 16.9. The van der Waals surface area contributed by atoms with Gasteiger partial charge in [0.25, 0.3) is 5.91 Å². The van der Waals surface area contributed by atoms with Crippen molar-refractivity contribution >= 4 is 27.5 Å². The smallest absolute Gasteiger partial charge is 0.258 e. The van der Waals surface area contributed by atoms with Gasteiger partial charge in [-0.2, -0.15) is 10.4 Å². The van der Waals surface area contributed by atoms with Gasteiger partial charge in [0.1, 0.15) is 5.75 Å². The van der Waals surface area contributed by atoms with E-state index in [1.807, 2.05) is 30.3 Å². The topological polar surface area (TPSA) is 79.9 Å². The monoisotopic (exact) mass is 424 g/mol. The minimum atomic E-state index is -0.250. The van der Waals surface area contributed by atoms with Crippen LogP contribution < -0.4 is 10.1 Å². The summed E-state index contributed by atoms with van der Waals surface area (Å²) in [5.74, 6) is 0.399. The number of nitriles is 1. The maximum Gasteiger partial charge on any atom is 0.258 e. The number of nitrogens with one attached hydrogen (secondary N) is 1. The molecule has 0 atom stereocenters. The fraction of sp³-hybridized carbons (Fsp3) is 0.150. The van der Waals surface area contributed by atoms with Gasteiger partial charge < -0.3 is 10.1 Å². The number of halogens is 1. The third-order valence-electron chi connectivity index (χ3n) is 3.73. The highest BCUT2D eigenvalue weighted by Gasteiger charge is 2.10. The maximum absolute atomic E-state index is 12.5. The molecule has 27 heavy (non-hydrogen) atoms. The Labute approximate surface area is 165 Å². The Bertz CT molecular complexity index is 961. The molecule has 0 aliphatic carbocycles. The van der Waals surface area contributed by atoms with Crippen LogP contribution in [0.2, 0.25) is 0 Å². The van der Waals surface area contributed by atoms with Crippen LogP contribution in [-0.2, 0) is 0 Å². The van der Waals surface area contributed by atoms with E-state index >= 15 is 0 Å². The molecule has 0 unspecified atom stereocenters. The minimum Gasteiger partial charge on any atom is -0.493 e. The van der Waals surface area contributed by atoms with E-state index in [2.05, 4.69) is 32.4 Å². The van der Waals surface area contributed by atoms with Crippen LogP contribution in [0.25, 0.3) is 5.69 Å². The van der Waals surface area contributed by atoms with Gasteiger partial charge in [0.2, 0.25) is 0 Å². The largest absolute Gasteiger partial charge is 0.493 e. The van der Waals surface area contributed by atoms with Crippen LogP contribution in [-0.4, -0.2) is 22.3 Å². The Morgan fingerprint density at radius 3 is 2.85 bits per heavy atom. The summed E-state index contributed by atoms with van der Waals surface area (Å²) in [5, 5.41) is 15.6. The van der Waals surface area contributed by atoms with E-state index in [9.17, 15) is 4.79 Å². The number of unbranched alkanes of at least 4 members (excludes halogenated alkanes) is 1. The number of nitrogens with zero attached hydrogens (tertiary/aromatic N) is 3. The van der Waals surface area contributed by atoms with Gasteiger partial charge >= 0.3 is 0 Å². The molecule has 0 fully saturated rings. The second kappa shape index (κ2) is 9.01. The lowest BCUT2D eigenvalue weighted by Crippen LogP contribution is -2.11. The fourth-order valence-corrected chi connectivity index (χ4v) is 2.65. The maximum atomic E-state index is 12.5. The molecule has 136 valence electrons. The van der Waals surface area contributed by atoms with E-state index in [4.69, 9.17) is 10.00 Å². The van der Waals surface area contributed by atoms with Crippen molar-refractivity contribution in [3.63, 3.8) is 0 Å². The summed E-state index contributed by atoms with van der Waals surface area (Å²) in [6.45, 7) is 0.463. The summed E-state index contributed by atoms with van der Waals surface area (Å²) in [7, 11) is 0. The van der Waals surface area contributed by atoms with Gasteiger partial charge in [-0.15, -0.1) is 0 Å². The number of anilines is 1. The summed E-state index contributed by atoms with van der Waals surface area (Å²) < 4.78 is 8.21. The summed E-state index contributed by atoms with van der Waals surface area (Å²) in [5.41, 5.74) is 1.96. The van der Waals surface area contributed by atoms with Crippen molar-refractivity contribution in [2.75, 3.05) is 11.9 Å². The van der Waals surface area contributed by atoms with Crippen LogP contribution in [0.15, 0.2) is 65.4 Å². The standard InChI is InChI=1S/C20H17BrN4O2/c21-16-6-8-18(9-7-16)25-14-15(13-23-25)20(26)24-17-4-3-5-19(12-17)27-11-2-1-10-22/h3-9,12-14H,1-2,11H2,(H,24,26). The molecule has 1 N–H and O–H groups in total. The van der Waals surface area contributed by atoms with Crippen molar-refractivity contribution in [2.24, 2.45) is 0 Å². The van der Waals surface area contributed by atoms with Crippen LogP contribution in [0.3, 0.4) is 0 Å². The zero-order chi connectivity index (χ0) is 19.1. The lowest BCUT2D eigenvalue weighted by atomic mass is 10.2. The normalized spacial score (nSPS) is 10.2. The molecule has 1 aromatic heterocycles. The molecular weight excluding hydrogens is 408 g/mol. The van der Waals surface area contributed by atoms with E-state index in [-0.39, 0.29) is 5.91 Å². The Morgan fingerprint density at radius 1 is 1.26 bits per heavy atom. The van der Waals surface area contributed by atoms with Gasteiger partial charge in [0.15, 0.2) is 0 Å². The van der Waals surface area contributed by atoms with Gasteiger partial charge in [0, 0.05) is 28.8 Å². The summed E-state index contributed by atoms with van der Waals surface area (Å²) in [6.07, 6.45) is 4.33. The zero-order valence-corrected chi connectivity index (χ0v) is 16.0. The minimum absolute atomic E-state index is 0.250. The number of hydrogen-bond acceptors (Lipinski definition) is 4. The number of aromatic nitrogens is 2. The first kappa shape index (κ1) is 18.7. The highest BCUT2D eigenvalue weighted by atomic mass is 79.9. The molecule has 0 saturated heterocycles. The molecule has 7 heteroatoms. The quantitative estimate of drug-likeness (QED) is 0.563. The first-order valence-corrected chi connectivity index (χ1v) is 9.17. The van der Waals surface area contributed by atoms with Crippen LogP contribution in [0.1, 0.15) is 23.2 Å². The van der Waals surface area contributed by atoms with Crippen molar-refractivity contribution in [3.8, 4) is 17.5 Å². The van der Waals surface area contributed by atoms with Gasteiger partial charge in [-0.3, -0.25) is 4.79 Å². The van der Waals surface area contributed by atoms with E-state index in [1.54, 1.807) is 29.1 Å². The molecule has 0 spiro atoms. The number of benzene rings is 2. The zero-order valence-electron chi connectivity index (χ0n) is 14.4. The summed E-state index contributed by atoms with van der Waals surface area (Å²) >= 11 is 3.39. The molecular formula is C20H17BrN4O2. The van der Waals surface area contributed by atoms with Gasteiger partial charge in [-0.25, -0.2) is 4.68 Å². The van der Waals surface area contributed by atoms with Crippen molar-refractivity contribution in [2.45, 2.75) is 12.8 Å². The lowest BCUT2D eigenvalue weighted by Gasteiger charge is -2.08. The number of rotatable bonds is 7. The first-order chi connectivity index (χ1) is 13.2.